The highest BCUT2D eigenvalue weighted by atomic mass is 14.2. The van der Waals surface area contributed by atoms with Gasteiger partial charge in [-0.15, -0.1) is 0 Å². The Morgan fingerprint density at radius 1 is 0.759 bits per heavy atom. The highest BCUT2D eigenvalue weighted by molar-refractivity contribution is 5.47. The summed E-state index contributed by atoms with van der Waals surface area (Å²) in [4.78, 5) is 0. The normalized spacial score (nSPS) is 17.6. The maximum absolute atomic E-state index is 3.45. The Labute approximate surface area is 176 Å². The van der Waals surface area contributed by atoms with Crippen LogP contribution in [0.15, 0.2) is 72.3 Å². The van der Waals surface area contributed by atoms with E-state index in [4.69, 9.17) is 0 Å². The summed E-state index contributed by atoms with van der Waals surface area (Å²) in [5, 5.41) is 0. The molecule has 0 spiro atoms. The van der Waals surface area contributed by atoms with E-state index in [1.807, 2.05) is 0 Å². The molecule has 2 aromatic carbocycles. The van der Waals surface area contributed by atoms with Crippen molar-refractivity contribution in [2.75, 3.05) is 0 Å². The van der Waals surface area contributed by atoms with Gasteiger partial charge in [-0.25, -0.2) is 0 Å². The molecule has 0 aromatic heterocycles. The molecular formula is C29H30. The molecule has 0 radical (unpaired) electrons. The Bertz CT molecular complexity index is 992. The van der Waals surface area contributed by atoms with E-state index in [9.17, 15) is 0 Å². The minimum atomic E-state index is -0.0698. The molecule has 0 heteroatoms. The van der Waals surface area contributed by atoms with Crippen molar-refractivity contribution in [3.8, 4) is 23.7 Å². The van der Waals surface area contributed by atoms with Gasteiger partial charge in [0.05, 0.1) is 5.41 Å². The van der Waals surface area contributed by atoms with Gasteiger partial charge in [0, 0.05) is 16.7 Å². The third kappa shape index (κ3) is 6.27. The largest absolute Gasteiger partial charge is 0.0869 e. The van der Waals surface area contributed by atoms with Crippen LogP contribution in [0.5, 0.6) is 0 Å². The molecule has 29 heavy (non-hydrogen) atoms. The zero-order valence-corrected chi connectivity index (χ0v) is 17.9. The minimum Gasteiger partial charge on any atom is -0.0869 e. The molecule has 0 N–H and O–H groups in total. The Balaban J connectivity index is 1.63. The smallest absolute Gasteiger partial charge is 0.0507 e. The highest BCUT2D eigenvalue weighted by Crippen LogP contribution is 2.30. The number of hydrogen-bond acceptors (Lipinski definition) is 0. The minimum absolute atomic E-state index is 0.0698. The monoisotopic (exact) mass is 378 g/mol. The molecule has 1 atom stereocenters. The molecule has 0 heterocycles. The maximum Gasteiger partial charge on any atom is 0.0507 e. The number of rotatable bonds is 4. The van der Waals surface area contributed by atoms with Gasteiger partial charge in [-0.1, -0.05) is 86.3 Å². The van der Waals surface area contributed by atoms with Crippen LogP contribution in [0.4, 0.5) is 0 Å². The molecule has 0 aliphatic heterocycles. The molecule has 3 rings (SSSR count). The van der Waals surface area contributed by atoms with E-state index in [1.165, 1.54) is 24.0 Å². The lowest BCUT2D eigenvalue weighted by molar-refractivity contribution is 0.576. The first kappa shape index (κ1) is 20.8. The molecule has 146 valence electrons. The number of hydrogen-bond donors (Lipinski definition) is 0. The zero-order chi connectivity index (χ0) is 20.5. The zero-order valence-electron chi connectivity index (χ0n) is 17.9. The Morgan fingerprint density at radius 3 is 1.83 bits per heavy atom. The molecule has 1 aliphatic rings. The second-order valence-electron chi connectivity index (χ2n) is 8.01. The summed E-state index contributed by atoms with van der Waals surface area (Å²) >= 11 is 0. The first-order chi connectivity index (χ1) is 14.1. The number of allylic oxidation sites excluding steroid dienone is 4. The molecule has 1 unspecified atom stereocenters. The summed E-state index contributed by atoms with van der Waals surface area (Å²) in [6, 6.07) is 16.8. The van der Waals surface area contributed by atoms with Crippen LogP contribution in [0.3, 0.4) is 0 Å². The van der Waals surface area contributed by atoms with Gasteiger partial charge in [-0.05, 0) is 68.1 Å². The van der Waals surface area contributed by atoms with Crippen molar-refractivity contribution in [3.05, 3.63) is 94.6 Å². The standard InChI is InChI=1S/C29H30/c1-4-6-24-8-10-26(11-9-24)12-13-27-14-16-28(17-15-27)20-23-29(3)21-18-25(7-5-2)19-22-29/h8-11,14-19,21H,4-7,22H2,1-3H3. The summed E-state index contributed by atoms with van der Waals surface area (Å²) in [5.41, 5.74) is 5.86. The molecule has 1 aliphatic carbocycles. The van der Waals surface area contributed by atoms with E-state index in [2.05, 4.69) is 111 Å². The molecule has 0 amide bonds. The van der Waals surface area contributed by atoms with Crippen molar-refractivity contribution >= 4 is 0 Å². The van der Waals surface area contributed by atoms with Crippen LogP contribution in [0.25, 0.3) is 0 Å². The van der Waals surface area contributed by atoms with Gasteiger partial charge in [0.2, 0.25) is 0 Å². The van der Waals surface area contributed by atoms with Crippen molar-refractivity contribution in [2.24, 2.45) is 5.41 Å². The number of aryl methyl sites for hydroxylation is 1. The lowest BCUT2D eigenvalue weighted by atomic mass is 9.82. The van der Waals surface area contributed by atoms with Gasteiger partial charge in [-0.3, -0.25) is 0 Å². The van der Waals surface area contributed by atoms with Crippen LogP contribution in [0.2, 0.25) is 0 Å². The third-order valence-electron chi connectivity index (χ3n) is 5.21. The fourth-order valence-electron chi connectivity index (χ4n) is 3.38. The predicted molar refractivity (Wildman–Crippen MR) is 125 cm³/mol. The van der Waals surface area contributed by atoms with E-state index < -0.39 is 0 Å². The van der Waals surface area contributed by atoms with Crippen LogP contribution in [0, 0.1) is 29.1 Å². The second-order valence-corrected chi connectivity index (χ2v) is 8.01. The quantitative estimate of drug-likeness (QED) is 0.499. The van der Waals surface area contributed by atoms with E-state index in [0.29, 0.717) is 0 Å². The lowest BCUT2D eigenvalue weighted by Crippen LogP contribution is -2.12. The lowest BCUT2D eigenvalue weighted by Gasteiger charge is -2.21. The third-order valence-corrected chi connectivity index (χ3v) is 5.21. The summed E-state index contributed by atoms with van der Waals surface area (Å²) < 4.78 is 0. The van der Waals surface area contributed by atoms with Gasteiger partial charge in [0.25, 0.3) is 0 Å². The summed E-state index contributed by atoms with van der Waals surface area (Å²) in [5.74, 6) is 13.3. The van der Waals surface area contributed by atoms with Crippen molar-refractivity contribution in [3.63, 3.8) is 0 Å². The summed E-state index contributed by atoms with van der Waals surface area (Å²) in [7, 11) is 0. The molecule has 0 fully saturated rings. The van der Waals surface area contributed by atoms with E-state index in [-0.39, 0.29) is 5.41 Å². The molecule has 0 bridgehead atoms. The van der Waals surface area contributed by atoms with Crippen molar-refractivity contribution in [1.82, 2.24) is 0 Å². The predicted octanol–water partition coefficient (Wildman–Crippen LogP) is 7.08. The van der Waals surface area contributed by atoms with E-state index in [1.54, 1.807) is 0 Å². The molecule has 0 saturated carbocycles. The van der Waals surface area contributed by atoms with Crippen molar-refractivity contribution in [1.29, 1.82) is 0 Å². The van der Waals surface area contributed by atoms with Gasteiger partial charge in [0.1, 0.15) is 0 Å². The topological polar surface area (TPSA) is 0 Å². The van der Waals surface area contributed by atoms with E-state index >= 15 is 0 Å². The molecular weight excluding hydrogens is 348 g/mol. The maximum atomic E-state index is 3.45. The van der Waals surface area contributed by atoms with Gasteiger partial charge in [0.15, 0.2) is 0 Å². The first-order valence-electron chi connectivity index (χ1n) is 10.7. The van der Waals surface area contributed by atoms with E-state index in [0.717, 1.165) is 36.0 Å². The van der Waals surface area contributed by atoms with Crippen molar-refractivity contribution in [2.45, 2.75) is 52.9 Å². The van der Waals surface area contributed by atoms with Crippen LogP contribution < -0.4 is 0 Å². The second kappa shape index (κ2) is 10.0. The fourth-order valence-corrected chi connectivity index (χ4v) is 3.38. The van der Waals surface area contributed by atoms with Crippen molar-refractivity contribution < 1.29 is 0 Å². The summed E-state index contributed by atoms with van der Waals surface area (Å²) in [6.45, 7) is 6.63. The van der Waals surface area contributed by atoms with Crippen LogP contribution in [-0.2, 0) is 6.42 Å². The molecule has 2 aromatic rings. The SMILES string of the molecule is CCCC1=CCC(C)(C#Cc2ccc(C#Cc3ccc(CCC)cc3)cc2)C=C1. The van der Waals surface area contributed by atoms with Crippen LogP contribution in [0.1, 0.15) is 68.7 Å². The number of benzene rings is 2. The Kier molecular flexibility index (Phi) is 7.16. The van der Waals surface area contributed by atoms with Crippen LogP contribution in [-0.4, -0.2) is 0 Å². The molecule has 0 saturated heterocycles. The average Bonchev–Trinajstić information content (AvgIpc) is 2.75. The fraction of sp³-hybridized carbons (Fsp3) is 0.310. The first-order valence-corrected chi connectivity index (χ1v) is 10.7. The highest BCUT2D eigenvalue weighted by Gasteiger charge is 2.19. The van der Waals surface area contributed by atoms with Gasteiger partial charge >= 0.3 is 0 Å². The van der Waals surface area contributed by atoms with Gasteiger partial charge in [-0.2, -0.15) is 0 Å². The average molecular weight is 379 g/mol. The Hall–Kier alpha value is -2.96. The van der Waals surface area contributed by atoms with Gasteiger partial charge < -0.3 is 0 Å². The Morgan fingerprint density at radius 2 is 1.31 bits per heavy atom. The summed E-state index contributed by atoms with van der Waals surface area (Å²) in [6.07, 6.45) is 12.5. The van der Waals surface area contributed by atoms with Crippen LogP contribution >= 0.6 is 0 Å². The molecule has 0 nitrogen and oxygen atoms in total.